The fourth-order valence-corrected chi connectivity index (χ4v) is 2.45. The van der Waals surface area contributed by atoms with Crippen molar-refractivity contribution in [1.29, 1.82) is 0 Å². The fraction of sp³-hybridized carbons (Fsp3) is 0.800. The second-order valence-corrected chi connectivity index (χ2v) is 6.87. The fourth-order valence-electron chi connectivity index (χ4n) is 2.45. The molecule has 0 radical (unpaired) electrons. The molecule has 1 saturated heterocycles. The van der Waals surface area contributed by atoms with E-state index < -0.39 is 12.0 Å². The molecule has 1 fully saturated rings. The second-order valence-electron chi connectivity index (χ2n) is 6.87. The van der Waals surface area contributed by atoms with Crippen molar-refractivity contribution in [3.05, 3.63) is 0 Å². The maximum Gasteiger partial charge on any atom is 0.325 e. The van der Waals surface area contributed by atoms with Gasteiger partial charge in [0, 0.05) is 26.7 Å². The Balaban J connectivity index is 2.70. The van der Waals surface area contributed by atoms with Crippen LogP contribution in [0.1, 0.15) is 27.2 Å². The summed E-state index contributed by atoms with van der Waals surface area (Å²) < 4.78 is 4.55. The molecule has 1 rings (SSSR count). The van der Waals surface area contributed by atoms with Gasteiger partial charge in [0.25, 0.3) is 0 Å². The maximum absolute atomic E-state index is 12.2. The lowest BCUT2D eigenvalue weighted by molar-refractivity contribution is -0.147. The van der Waals surface area contributed by atoms with Gasteiger partial charge < -0.3 is 15.0 Å². The first-order valence-electron chi connectivity index (χ1n) is 7.46. The smallest absolute Gasteiger partial charge is 0.325 e. The van der Waals surface area contributed by atoms with Gasteiger partial charge in [-0.3, -0.25) is 19.3 Å². The number of nitrogens with zero attached hydrogens (tertiary/aromatic N) is 2. The van der Waals surface area contributed by atoms with E-state index in [0.29, 0.717) is 6.54 Å². The molecule has 0 aromatic carbocycles. The number of hydrogen-bond acceptors (Lipinski definition) is 5. The number of carbonyl (C=O) groups excluding carboxylic acids is 3. The molecule has 0 saturated carbocycles. The van der Waals surface area contributed by atoms with Crippen LogP contribution in [0.25, 0.3) is 0 Å². The van der Waals surface area contributed by atoms with Gasteiger partial charge in [0.1, 0.15) is 6.54 Å². The van der Waals surface area contributed by atoms with Gasteiger partial charge >= 0.3 is 5.97 Å². The Labute approximate surface area is 132 Å². The van der Waals surface area contributed by atoms with Crippen LogP contribution in [0.4, 0.5) is 0 Å². The van der Waals surface area contributed by atoms with Crippen LogP contribution < -0.4 is 5.32 Å². The van der Waals surface area contributed by atoms with Crippen molar-refractivity contribution in [1.82, 2.24) is 15.1 Å². The van der Waals surface area contributed by atoms with E-state index in [2.05, 4.69) is 30.8 Å². The lowest BCUT2D eigenvalue weighted by atomic mass is 9.94. The predicted octanol–water partition coefficient (Wildman–Crippen LogP) is -0.146. The molecule has 0 aromatic heterocycles. The highest BCUT2D eigenvalue weighted by Gasteiger charge is 2.34. The zero-order valence-electron chi connectivity index (χ0n) is 14.1. The number of esters is 1. The van der Waals surface area contributed by atoms with Crippen molar-refractivity contribution in [3.63, 3.8) is 0 Å². The van der Waals surface area contributed by atoms with Crippen LogP contribution in [0.15, 0.2) is 0 Å². The molecule has 1 N–H and O–H groups in total. The number of amides is 2. The summed E-state index contributed by atoms with van der Waals surface area (Å²) in [5, 5.41) is 2.80. The van der Waals surface area contributed by atoms with Crippen molar-refractivity contribution in [2.75, 3.05) is 40.3 Å². The van der Waals surface area contributed by atoms with Crippen LogP contribution in [0.3, 0.4) is 0 Å². The first kappa shape index (κ1) is 18.4. The molecule has 1 heterocycles. The van der Waals surface area contributed by atoms with Crippen molar-refractivity contribution >= 4 is 17.8 Å². The molecule has 1 aliphatic rings. The third-order valence-electron chi connectivity index (χ3n) is 3.51. The van der Waals surface area contributed by atoms with Crippen molar-refractivity contribution < 1.29 is 19.1 Å². The lowest BCUT2D eigenvalue weighted by Gasteiger charge is -2.38. The minimum absolute atomic E-state index is 0.0385. The van der Waals surface area contributed by atoms with Gasteiger partial charge in [-0.05, 0) is 5.41 Å². The van der Waals surface area contributed by atoms with Gasteiger partial charge in [-0.2, -0.15) is 0 Å². The monoisotopic (exact) mass is 313 g/mol. The Bertz CT molecular complexity index is 431. The largest absolute Gasteiger partial charge is 0.468 e. The van der Waals surface area contributed by atoms with Crippen molar-refractivity contribution in [2.24, 2.45) is 5.41 Å². The Kier molecular flexibility index (Phi) is 6.34. The summed E-state index contributed by atoms with van der Waals surface area (Å²) in [6, 6.07) is -0.486. The van der Waals surface area contributed by atoms with Crippen LogP contribution in [0.5, 0.6) is 0 Å². The normalized spacial score (nSPS) is 19.5. The molecule has 1 aliphatic heterocycles. The Morgan fingerprint density at radius 1 is 1.41 bits per heavy atom. The van der Waals surface area contributed by atoms with Gasteiger partial charge in [0.2, 0.25) is 11.8 Å². The molecule has 0 spiro atoms. The van der Waals surface area contributed by atoms with Crippen LogP contribution in [-0.2, 0) is 19.1 Å². The number of methoxy groups -OCH3 is 1. The second kappa shape index (κ2) is 7.58. The molecular formula is C15H27N3O4. The van der Waals surface area contributed by atoms with Crippen molar-refractivity contribution in [2.45, 2.75) is 33.2 Å². The van der Waals surface area contributed by atoms with Crippen LogP contribution in [0.2, 0.25) is 0 Å². The third-order valence-corrected chi connectivity index (χ3v) is 3.51. The molecule has 0 aliphatic carbocycles. The number of piperazine rings is 1. The number of carbonyl (C=O) groups is 3. The third kappa shape index (κ3) is 5.63. The zero-order chi connectivity index (χ0) is 16.9. The molecule has 126 valence electrons. The van der Waals surface area contributed by atoms with E-state index in [0.717, 1.165) is 13.1 Å². The number of rotatable bonds is 5. The highest BCUT2D eigenvalue weighted by molar-refractivity contribution is 5.90. The predicted molar refractivity (Wildman–Crippen MR) is 82.1 cm³/mol. The van der Waals surface area contributed by atoms with E-state index in [4.69, 9.17) is 0 Å². The first-order chi connectivity index (χ1) is 10.1. The first-order valence-corrected chi connectivity index (χ1v) is 7.46. The quantitative estimate of drug-likeness (QED) is 0.715. The van der Waals surface area contributed by atoms with Crippen LogP contribution in [0, 0.1) is 5.41 Å². The molecule has 22 heavy (non-hydrogen) atoms. The number of likely N-dealkylation sites (N-methyl/N-ethyl adjacent to an activating group) is 1. The Morgan fingerprint density at radius 3 is 2.59 bits per heavy atom. The minimum Gasteiger partial charge on any atom is -0.468 e. The number of ether oxygens (including phenoxy) is 1. The minimum atomic E-state index is -0.486. The van der Waals surface area contributed by atoms with Gasteiger partial charge in [0.05, 0.1) is 19.6 Å². The van der Waals surface area contributed by atoms with E-state index >= 15 is 0 Å². The molecule has 0 unspecified atom stereocenters. The standard InChI is InChI=1S/C15H27N3O4/c1-15(2,3)10-18-7-6-16-14(21)11(18)8-12(19)17(4)9-13(20)22-5/h11H,6-10H2,1-5H3,(H,16,21)/t11-/m0/s1. The molecule has 0 bridgehead atoms. The van der Waals surface area contributed by atoms with E-state index in [-0.39, 0.29) is 30.2 Å². The summed E-state index contributed by atoms with van der Waals surface area (Å²) >= 11 is 0. The molecule has 7 heteroatoms. The number of nitrogens with one attached hydrogen (secondary N) is 1. The Hall–Kier alpha value is -1.63. The average molecular weight is 313 g/mol. The summed E-state index contributed by atoms with van der Waals surface area (Å²) in [7, 11) is 2.81. The van der Waals surface area contributed by atoms with E-state index in [1.165, 1.54) is 19.1 Å². The average Bonchev–Trinajstić information content (AvgIpc) is 2.40. The Morgan fingerprint density at radius 2 is 2.05 bits per heavy atom. The van der Waals surface area contributed by atoms with Gasteiger partial charge in [-0.15, -0.1) is 0 Å². The molecule has 1 atom stereocenters. The number of hydrogen-bond donors (Lipinski definition) is 1. The zero-order valence-corrected chi connectivity index (χ0v) is 14.1. The van der Waals surface area contributed by atoms with Crippen LogP contribution in [-0.4, -0.2) is 74.0 Å². The van der Waals surface area contributed by atoms with Gasteiger partial charge in [-0.1, -0.05) is 20.8 Å². The van der Waals surface area contributed by atoms with E-state index in [1.54, 1.807) is 0 Å². The molecule has 2 amide bonds. The van der Waals surface area contributed by atoms with E-state index in [1.807, 2.05) is 4.90 Å². The summed E-state index contributed by atoms with van der Waals surface area (Å²) in [5.41, 5.74) is 0.0385. The molecular weight excluding hydrogens is 286 g/mol. The molecule has 0 aromatic rings. The molecule has 7 nitrogen and oxygen atoms in total. The summed E-state index contributed by atoms with van der Waals surface area (Å²) in [4.78, 5) is 38.9. The van der Waals surface area contributed by atoms with Gasteiger partial charge in [0.15, 0.2) is 0 Å². The topological polar surface area (TPSA) is 78.9 Å². The summed E-state index contributed by atoms with van der Waals surface area (Å²) in [5.74, 6) is -0.850. The SMILES string of the molecule is COC(=O)CN(C)C(=O)C[C@H]1C(=O)NCCN1CC(C)(C)C. The van der Waals surface area contributed by atoms with Crippen molar-refractivity contribution in [3.8, 4) is 0 Å². The summed E-state index contributed by atoms with van der Waals surface area (Å²) in [6.07, 6.45) is 0.0649. The lowest BCUT2D eigenvalue weighted by Crippen LogP contribution is -2.58. The summed E-state index contributed by atoms with van der Waals surface area (Å²) in [6.45, 7) is 8.24. The maximum atomic E-state index is 12.2. The van der Waals surface area contributed by atoms with E-state index in [9.17, 15) is 14.4 Å². The highest BCUT2D eigenvalue weighted by atomic mass is 16.5. The van der Waals surface area contributed by atoms with Gasteiger partial charge in [-0.25, -0.2) is 0 Å². The highest BCUT2D eigenvalue weighted by Crippen LogP contribution is 2.20. The van der Waals surface area contributed by atoms with Crippen LogP contribution >= 0.6 is 0 Å².